The maximum absolute atomic E-state index is 14.4. The molecule has 1 aliphatic heterocycles. The lowest BCUT2D eigenvalue weighted by Crippen LogP contribution is -2.62. The third-order valence-electron chi connectivity index (χ3n) is 12.9. The molecule has 22 N–H and O–H groups in total. The molecule has 0 spiro atoms. The molecule has 28 heteroatoms. The number of rotatable bonds is 22. The number of carbonyl (C=O) groups is 10. The standard InChI is InChI=1S/C52H82ClN15O12/c1-27(2)21-38-48(76)62-34(13-17-54)44(72)61-36(15-19-56)47(75)68-42(28(3)69)51(79)59-20-16-37(46(74)60-35(14-18-55)45(73)65-39(49(77)64-38)22-30-9-6-5-7-10-30)63-50(78)40(26-58)66-52(80)43(29(4)70)67-41(71)24-32(25-57)31-11-8-12-33(53)23-31/h5-12,23,27-29,32,34-40,42-43,69-70H,13-22,24-26,54-58H2,1-4H3,(H,59,79)(H,60,74)(H,61,72)(H,62,76)(H,63,78)(H,64,77)(H,65,73)(H,66,80)(H,67,71)(H,68,75)/t28-,29-,32-,34+,35+,36+,37?,38?,39?,40+,42+,43+/m1/s1. The van der Waals surface area contributed by atoms with Gasteiger partial charge >= 0.3 is 0 Å². The first-order valence-electron chi connectivity index (χ1n) is 26.6. The molecule has 0 bridgehead atoms. The van der Waals surface area contributed by atoms with Crippen LogP contribution < -0.4 is 81.8 Å². The molecule has 1 saturated heterocycles. The zero-order valence-electron chi connectivity index (χ0n) is 45.6. The number of carbonyl (C=O) groups excluding carboxylic acids is 10. The summed E-state index contributed by atoms with van der Waals surface area (Å²) in [4.78, 5) is 140. The number of benzene rings is 2. The molecule has 0 aromatic heterocycles. The van der Waals surface area contributed by atoms with Crippen molar-refractivity contribution < 1.29 is 58.2 Å². The molecule has 2 aromatic carbocycles. The van der Waals surface area contributed by atoms with Gasteiger partial charge in [0.1, 0.15) is 54.4 Å². The SMILES string of the molecule is CC(C)CC1NC(=O)C(Cc2ccccc2)NC(=O)[C@H](CCN)NC(=O)C(NC(=O)[C@H](CN)NC(=O)[C@@H](NC(=O)C[C@H](CN)c2cccc(Cl)c2)[C@@H](C)O)CCNC(=O)[C@H]([C@@H](C)O)NC(=O)[C@H](CCN)NC(=O)[C@H](CCN)NC1=O. The molecule has 0 aliphatic carbocycles. The lowest BCUT2D eigenvalue weighted by atomic mass is 9.95. The van der Waals surface area contributed by atoms with Crippen LogP contribution in [0.25, 0.3) is 0 Å². The largest absolute Gasteiger partial charge is 0.391 e. The molecule has 1 heterocycles. The fourth-order valence-corrected chi connectivity index (χ4v) is 8.73. The predicted octanol–water partition coefficient (Wildman–Crippen LogP) is -5.29. The Morgan fingerprint density at radius 2 is 1.15 bits per heavy atom. The fourth-order valence-electron chi connectivity index (χ4n) is 8.53. The first-order valence-corrected chi connectivity index (χ1v) is 27.0. The van der Waals surface area contributed by atoms with Gasteiger partial charge in [0.2, 0.25) is 59.1 Å². The van der Waals surface area contributed by atoms with Crippen molar-refractivity contribution in [1.82, 2.24) is 53.2 Å². The van der Waals surface area contributed by atoms with Crippen LogP contribution >= 0.6 is 11.6 Å². The first-order chi connectivity index (χ1) is 38.0. The van der Waals surface area contributed by atoms with Crippen molar-refractivity contribution in [2.24, 2.45) is 34.6 Å². The highest BCUT2D eigenvalue weighted by atomic mass is 35.5. The van der Waals surface area contributed by atoms with E-state index in [0.717, 1.165) is 0 Å². The summed E-state index contributed by atoms with van der Waals surface area (Å²) in [5.74, 6) is -9.88. The second-order valence-corrected chi connectivity index (χ2v) is 20.4. The van der Waals surface area contributed by atoms with Crippen LogP contribution in [0.5, 0.6) is 0 Å². The predicted molar refractivity (Wildman–Crippen MR) is 296 cm³/mol. The van der Waals surface area contributed by atoms with E-state index < -0.39 is 151 Å². The van der Waals surface area contributed by atoms with Crippen LogP contribution in [0, 0.1) is 5.92 Å². The van der Waals surface area contributed by atoms with Crippen LogP contribution in [0.1, 0.15) is 83.3 Å². The topological polar surface area (TPSA) is 462 Å². The van der Waals surface area contributed by atoms with Crippen molar-refractivity contribution in [2.75, 3.05) is 39.3 Å². The lowest BCUT2D eigenvalue weighted by molar-refractivity contribution is -0.136. The molecular weight excluding hydrogens is 1060 g/mol. The Morgan fingerprint density at radius 1 is 0.625 bits per heavy atom. The third-order valence-corrected chi connectivity index (χ3v) is 13.2. The number of amides is 10. The van der Waals surface area contributed by atoms with Gasteiger partial charge in [-0.2, -0.15) is 0 Å². The maximum Gasteiger partial charge on any atom is 0.245 e. The number of aliphatic hydroxyl groups excluding tert-OH is 2. The van der Waals surface area contributed by atoms with Gasteiger partial charge in [0.15, 0.2) is 0 Å². The Hall–Kier alpha value is -6.85. The van der Waals surface area contributed by atoms with Crippen molar-refractivity contribution in [2.45, 2.75) is 145 Å². The Morgan fingerprint density at radius 3 is 1.66 bits per heavy atom. The zero-order chi connectivity index (χ0) is 59.6. The summed E-state index contributed by atoms with van der Waals surface area (Å²) >= 11 is 6.14. The highest BCUT2D eigenvalue weighted by Gasteiger charge is 2.37. The number of halogens is 1. The van der Waals surface area contributed by atoms with E-state index in [-0.39, 0.29) is 70.6 Å². The summed E-state index contributed by atoms with van der Waals surface area (Å²) in [7, 11) is 0. The molecule has 2 aromatic rings. The van der Waals surface area contributed by atoms with Crippen LogP contribution in [0.3, 0.4) is 0 Å². The lowest BCUT2D eigenvalue weighted by Gasteiger charge is -2.28. The van der Waals surface area contributed by atoms with Gasteiger partial charge in [-0.3, -0.25) is 47.9 Å². The quantitative estimate of drug-likeness (QED) is 0.0524. The van der Waals surface area contributed by atoms with E-state index in [1.54, 1.807) is 68.4 Å². The average Bonchev–Trinajstić information content (AvgIpc) is 3.40. The summed E-state index contributed by atoms with van der Waals surface area (Å²) < 4.78 is 0. The van der Waals surface area contributed by atoms with Crippen molar-refractivity contribution >= 4 is 70.7 Å². The van der Waals surface area contributed by atoms with Gasteiger partial charge in [0.25, 0.3) is 0 Å². The number of nitrogens with two attached hydrogens (primary N) is 5. The van der Waals surface area contributed by atoms with Crippen LogP contribution in [0.2, 0.25) is 5.02 Å². The molecule has 0 saturated carbocycles. The Bertz CT molecular complexity index is 2400. The Balaban J connectivity index is 2.07. The van der Waals surface area contributed by atoms with E-state index in [1.165, 1.54) is 13.8 Å². The van der Waals surface area contributed by atoms with Crippen molar-refractivity contribution in [1.29, 1.82) is 0 Å². The molecule has 3 rings (SSSR count). The summed E-state index contributed by atoms with van der Waals surface area (Å²) in [6, 6.07) is 1.70. The van der Waals surface area contributed by atoms with E-state index in [4.69, 9.17) is 40.3 Å². The highest BCUT2D eigenvalue weighted by molar-refractivity contribution is 6.30. The Kier molecular flexibility index (Phi) is 28.9. The van der Waals surface area contributed by atoms with Gasteiger partial charge < -0.3 is 92.0 Å². The van der Waals surface area contributed by atoms with Gasteiger partial charge in [0.05, 0.1) is 12.2 Å². The fraction of sp³-hybridized carbons (Fsp3) is 0.577. The first kappa shape index (κ1) is 67.4. The van der Waals surface area contributed by atoms with Gasteiger partial charge in [-0.15, -0.1) is 0 Å². The Labute approximate surface area is 470 Å². The van der Waals surface area contributed by atoms with Crippen LogP contribution in [-0.4, -0.2) is 175 Å². The summed E-state index contributed by atoms with van der Waals surface area (Å²) in [5.41, 5.74) is 30.8. The maximum atomic E-state index is 14.4. The number of hydrogen-bond acceptors (Lipinski definition) is 17. The highest BCUT2D eigenvalue weighted by Crippen LogP contribution is 2.22. The summed E-state index contributed by atoms with van der Waals surface area (Å²) in [6.07, 6.45) is -4.32. The molecule has 444 valence electrons. The molecule has 12 atom stereocenters. The minimum Gasteiger partial charge on any atom is -0.391 e. The second-order valence-electron chi connectivity index (χ2n) is 20.0. The van der Waals surface area contributed by atoms with Gasteiger partial charge in [0, 0.05) is 36.9 Å². The van der Waals surface area contributed by atoms with Gasteiger partial charge in [-0.05, 0) is 101 Å². The molecule has 3 unspecified atom stereocenters. The molecule has 27 nitrogen and oxygen atoms in total. The average molecular weight is 1140 g/mol. The van der Waals surface area contributed by atoms with Crippen LogP contribution in [0.4, 0.5) is 0 Å². The van der Waals surface area contributed by atoms with E-state index >= 15 is 0 Å². The van der Waals surface area contributed by atoms with Crippen molar-refractivity contribution in [3.05, 3.63) is 70.7 Å². The molecular formula is C52H82ClN15O12. The monoisotopic (exact) mass is 1140 g/mol. The number of nitrogens with one attached hydrogen (secondary N) is 10. The van der Waals surface area contributed by atoms with Crippen LogP contribution in [0.15, 0.2) is 54.6 Å². The number of aliphatic hydroxyl groups is 2. The van der Waals surface area contributed by atoms with E-state index in [9.17, 15) is 58.2 Å². The second kappa shape index (κ2) is 34.3. The molecule has 1 fully saturated rings. The zero-order valence-corrected chi connectivity index (χ0v) is 46.4. The van der Waals surface area contributed by atoms with E-state index in [0.29, 0.717) is 16.1 Å². The molecule has 80 heavy (non-hydrogen) atoms. The van der Waals surface area contributed by atoms with Crippen LogP contribution in [-0.2, 0) is 54.4 Å². The summed E-state index contributed by atoms with van der Waals surface area (Å²) in [5, 5.41) is 47.1. The minimum absolute atomic E-state index is 0.0295. The molecule has 10 amide bonds. The minimum atomic E-state index is -1.68. The molecule has 0 radical (unpaired) electrons. The third kappa shape index (κ3) is 22.0. The smallest absolute Gasteiger partial charge is 0.245 e. The van der Waals surface area contributed by atoms with E-state index in [2.05, 4.69) is 53.2 Å². The van der Waals surface area contributed by atoms with Gasteiger partial charge in [-0.25, -0.2) is 0 Å². The van der Waals surface area contributed by atoms with E-state index in [1.807, 2.05) is 0 Å². The number of hydrogen-bond donors (Lipinski definition) is 17. The van der Waals surface area contributed by atoms with Crippen molar-refractivity contribution in [3.63, 3.8) is 0 Å². The molecule has 1 aliphatic rings. The summed E-state index contributed by atoms with van der Waals surface area (Å²) in [6.45, 7) is 4.54. The van der Waals surface area contributed by atoms with Crippen molar-refractivity contribution in [3.8, 4) is 0 Å². The normalized spacial score (nSPS) is 23.2. The van der Waals surface area contributed by atoms with Gasteiger partial charge in [-0.1, -0.05) is 67.9 Å².